The second-order valence-corrected chi connectivity index (χ2v) is 3.24. The van der Waals surface area contributed by atoms with E-state index in [0.717, 1.165) is 6.07 Å². The van der Waals surface area contributed by atoms with Crippen LogP contribution in [0.15, 0.2) is 18.2 Å². The zero-order chi connectivity index (χ0) is 11.0. The highest BCUT2D eigenvalue weighted by atomic mass is 19.1. The van der Waals surface area contributed by atoms with Gasteiger partial charge in [-0.15, -0.1) is 0 Å². The molecule has 1 heterocycles. The van der Waals surface area contributed by atoms with Crippen molar-refractivity contribution in [1.82, 2.24) is 10.2 Å². The average molecular weight is 209 g/mol. The molecule has 5 heteroatoms. The fourth-order valence-electron chi connectivity index (χ4n) is 1.32. The molecule has 0 spiro atoms. The molecule has 0 radical (unpaired) electrons. The summed E-state index contributed by atoms with van der Waals surface area (Å²) in [4.78, 5) is 0. The Kier molecular flexibility index (Phi) is 2.15. The van der Waals surface area contributed by atoms with Crippen molar-refractivity contribution in [2.24, 2.45) is 0 Å². The summed E-state index contributed by atoms with van der Waals surface area (Å²) in [7, 11) is 0. The topological polar surface area (TPSA) is 54.7 Å². The summed E-state index contributed by atoms with van der Waals surface area (Å²) in [5.74, 6) is -1.30. The molecule has 0 bridgehead atoms. The Labute approximate surface area is 84.9 Å². The minimum Gasteiger partial charge on any atom is -0.395 e. The zero-order valence-electron chi connectivity index (χ0n) is 8.01. The minimum atomic E-state index is -0.673. The highest BCUT2D eigenvalue weighted by Gasteiger charge is 2.13. The van der Waals surface area contributed by atoms with Crippen molar-refractivity contribution in [2.45, 2.75) is 6.92 Å². The lowest BCUT2D eigenvalue weighted by Gasteiger charge is -2.00. The van der Waals surface area contributed by atoms with E-state index in [4.69, 9.17) is 5.73 Å². The summed E-state index contributed by atoms with van der Waals surface area (Å²) in [5, 5.41) is 6.51. The largest absolute Gasteiger partial charge is 0.395 e. The molecular weight excluding hydrogens is 200 g/mol. The van der Waals surface area contributed by atoms with Crippen molar-refractivity contribution >= 4 is 5.69 Å². The average Bonchev–Trinajstić information content (AvgIpc) is 2.49. The molecule has 0 aliphatic carbocycles. The number of anilines is 1. The number of benzene rings is 1. The molecule has 0 aliphatic rings. The Morgan fingerprint density at radius 1 is 1.33 bits per heavy atom. The van der Waals surface area contributed by atoms with Gasteiger partial charge in [0.1, 0.15) is 17.3 Å². The number of rotatable bonds is 1. The van der Waals surface area contributed by atoms with Gasteiger partial charge in [-0.25, -0.2) is 8.78 Å². The molecule has 1 aromatic heterocycles. The van der Waals surface area contributed by atoms with E-state index in [1.165, 1.54) is 12.1 Å². The smallest absolute Gasteiger partial charge is 0.135 e. The summed E-state index contributed by atoms with van der Waals surface area (Å²) in [6, 6.07) is 3.29. The van der Waals surface area contributed by atoms with Crippen LogP contribution in [-0.4, -0.2) is 10.2 Å². The fraction of sp³-hybridized carbons (Fsp3) is 0.100. The van der Waals surface area contributed by atoms with E-state index < -0.39 is 11.6 Å². The molecule has 0 atom stereocenters. The molecule has 3 N–H and O–H groups in total. The number of hydrogen-bond acceptors (Lipinski definition) is 2. The monoisotopic (exact) mass is 209 g/mol. The summed E-state index contributed by atoms with van der Waals surface area (Å²) in [5.41, 5.74) is 7.23. The van der Waals surface area contributed by atoms with E-state index in [0.29, 0.717) is 17.1 Å². The van der Waals surface area contributed by atoms with Crippen LogP contribution in [-0.2, 0) is 0 Å². The Morgan fingerprint density at radius 3 is 2.60 bits per heavy atom. The number of nitrogen functional groups attached to an aromatic ring is 1. The van der Waals surface area contributed by atoms with Gasteiger partial charge in [0.05, 0.1) is 11.4 Å². The SMILES string of the molecule is Cc1[nH]nc(-c2ccc(F)cc2F)c1N. The van der Waals surface area contributed by atoms with Gasteiger partial charge in [0, 0.05) is 11.6 Å². The summed E-state index contributed by atoms with van der Waals surface area (Å²) in [6.45, 7) is 1.73. The fourth-order valence-corrected chi connectivity index (χ4v) is 1.32. The lowest BCUT2D eigenvalue weighted by Crippen LogP contribution is -1.92. The number of aromatic amines is 1. The molecule has 0 saturated heterocycles. The van der Waals surface area contributed by atoms with Crippen LogP contribution in [0.5, 0.6) is 0 Å². The Morgan fingerprint density at radius 2 is 2.07 bits per heavy atom. The Hall–Kier alpha value is -1.91. The van der Waals surface area contributed by atoms with Gasteiger partial charge in [-0.2, -0.15) is 5.10 Å². The van der Waals surface area contributed by atoms with Gasteiger partial charge in [0.25, 0.3) is 0 Å². The Bertz CT molecular complexity index is 505. The first-order valence-electron chi connectivity index (χ1n) is 4.35. The first-order valence-corrected chi connectivity index (χ1v) is 4.35. The molecule has 1 aromatic carbocycles. The maximum absolute atomic E-state index is 13.4. The molecule has 3 nitrogen and oxygen atoms in total. The third-order valence-electron chi connectivity index (χ3n) is 2.18. The van der Waals surface area contributed by atoms with E-state index in [1.54, 1.807) is 6.92 Å². The van der Waals surface area contributed by atoms with Crippen molar-refractivity contribution in [3.05, 3.63) is 35.5 Å². The highest BCUT2D eigenvalue weighted by Crippen LogP contribution is 2.27. The van der Waals surface area contributed by atoms with E-state index in [9.17, 15) is 8.78 Å². The minimum absolute atomic E-state index is 0.193. The van der Waals surface area contributed by atoms with Crippen LogP contribution >= 0.6 is 0 Å². The molecule has 0 unspecified atom stereocenters. The van der Waals surface area contributed by atoms with Crippen molar-refractivity contribution in [3.63, 3.8) is 0 Å². The predicted molar refractivity (Wildman–Crippen MR) is 53.1 cm³/mol. The van der Waals surface area contributed by atoms with E-state index >= 15 is 0 Å². The summed E-state index contributed by atoms with van der Waals surface area (Å²) >= 11 is 0. The first kappa shape index (κ1) is 9.64. The third kappa shape index (κ3) is 1.56. The number of hydrogen-bond donors (Lipinski definition) is 2. The number of halogens is 2. The van der Waals surface area contributed by atoms with Gasteiger partial charge in [0.2, 0.25) is 0 Å². The molecule has 2 aromatic rings. The first-order chi connectivity index (χ1) is 7.09. The molecule has 0 amide bonds. The van der Waals surface area contributed by atoms with E-state index in [2.05, 4.69) is 10.2 Å². The maximum Gasteiger partial charge on any atom is 0.135 e. The molecule has 15 heavy (non-hydrogen) atoms. The van der Waals surface area contributed by atoms with E-state index in [1.807, 2.05) is 0 Å². The van der Waals surface area contributed by atoms with Gasteiger partial charge in [-0.05, 0) is 19.1 Å². The van der Waals surface area contributed by atoms with E-state index in [-0.39, 0.29) is 5.56 Å². The number of nitrogens with two attached hydrogens (primary N) is 1. The van der Waals surface area contributed by atoms with Crippen LogP contribution in [0.1, 0.15) is 5.69 Å². The van der Waals surface area contributed by atoms with Crippen LogP contribution in [0.25, 0.3) is 11.3 Å². The van der Waals surface area contributed by atoms with Crippen LogP contribution in [0.2, 0.25) is 0 Å². The number of aromatic nitrogens is 2. The second kappa shape index (κ2) is 3.34. The van der Waals surface area contributed by atoms with Crippen molar-refractivity contribution < 1.29 is 8.78 Å². The van der Waals surface area contributed by atoms with Gasteiger partial charge in [-0.3, -0.25) is 5.10 Å². The van der Waals surface area contributed by atoms with Gasteiger partial charge in [-0.1, -0.05) is 0 Å². The van der Waals surface area contributed by atoms with Gasteiger partial charge >= 0.3 is 0 Å². The summed E-state index contributed by atoms with van der Waals surface area (Å²) < 4.78 is 26.0. The standard InChI is InChI=1S/C10H9F2N3/c1-5-9(13)10(15-14-5)7-3-2-6(11)4-8(7)12/h2-4H,13H2,1H3,(H,14,15). The van der Waals surface area contributed by atoms with Crippen LogP contribution in [0, 0.1) is 18.6 Å². The maximum atomic E-state index is 13.4. The highest BCUT2D eigenvalue weighted by molar-refractivity contribution is 5.74. The van der Waals surface area contributed by atoms with Crippen LogP contribution in [0.4, 0.5) is 14.5 Å². The van der Waals surface area contributed by atoms with Crippen LogP contribution < -0.4 is 5.73 Å². The Balaban J connectivity index is 2.59. The number of nitrogens with one attached hydrogen (secondary N) is 1. The molecule has 78 valence electrons. The molecule has 0 saturated carbocycles. The molecule has 0 aliphatic heterocycles. The number of aryl methyl sites for hydroxylation is 1. The second-order valence-electron chi connectivity index (χ2n) is 3.24. The van der Waals surface area contributed by atoms with Crippen molar-refractivity contribution in [3.8, 4) is 11.3 Å². The lowest BCUT2D eigenvalue weighted by molar-refractivity contribution is 0.585. The zero-order valence-corrected chi connectivity index (χ0v) is 8.01. The summed E-state index contributed by atoms with van der Waals surface area (Å²) in [6.07, 6.45) is 0. The number of H-pyrrole nitrogens is 1. The molecule has 2 rings (SSSR count). The lowest BCUT2D eigenvalue weighted by atomic mass is 10.1. The van der Waals surface area contributed by atoms with Gasteiger partial charge < -0.3 is 5.73 Å². The quantitative estimate of drug-likeness (QED) is 0.756. The van der Waals surface area contributed by atoms with Crippen LogP contribution in [0.3, 0.4) is 0 Å². The van der Waals surface area contributed by atoms with Crippen molar-refractivity contribution in [1.29, 1.82) is 0 Å². The normalized spacial score (nSPS) is 10.6. The number of nitrogens with zero attached hydrogens (tertiary/aromatic N) is 1. The third-order valence-corrected chi connectivity index (χ3v) is 2.18. The predicted octanol–water partition coefficient (Wildman–Crippen LogP) is 2.25. The van der Waals surface area contributed by atoms with Crippen molar-refractivity contribution in [2.75, 3.05) is 5.73 Å². The van der Waals surface area contributed by atoms with Gasteiger partial charge in [0.15, 0.2) is 0 Å². The molecular formula is C10H9F2N3. The molecule has 0 fully saturated rings.